The van der Waals surface area contributed by atoms with E-state index in [9.17, 15) is 8.78 Å². The lowest BCUT2D eigenvalue weighted by Gasteiger charge is -2.35. The lowest BCUT2D eigenvalue weighted by atomic mass is 9.89. The molecule has 18 heavy (non-hydrogen) atoms. The van der Waals surface area contributed by atoms with E-state index in [1.807, 2.05) is 0 Å². The number of ether oxygens (including phenoxy) is 1. The molecule has 0 saturated heterocycles. The number of thiocarbonyl (C=S) groups is 1. The summed E-state index contributed by atoms with van der Waals surface area (Å²) in [6.07, 6.45) is 1.66. The Kier molecular flexibility index (Phi) is 3.77. The molecule has 1 fully saturated rings. The van der Waals surface area contributed by atoms with Crippen LogP contribution in [-0.4, -0.2) is 24.2 Å². The number of halogens is 2. The van der Waals surface area contributed by atoms with Gasteiger partial charge in [0, 0.05) is 18.7 Å². The molecule has 0 amide bonds. The number of hydrogen-bond acceptors (Lipinski definition) is 3. The number of rotatable bonds is 4. The molecule has 0 aromatic heterocycles. The van der Waals surface area contributed by atoms with E-state index in [-0.39, 0.29) is 28.4 Å². The summed E-state index contributed by atoms with van der Waals surface area (Å²) in [6.45, 7) is 0. The maximum Gasteiger partial charge on any atom is 0.150 e. The summed E-state index contributed by atoms with van der Waals surface area (Å²) in [5, 5.41) is 2.83. The Hall–Kier alpha value is -1.27. The number of nitrogens with two attached hydrogens (primary N) is 1. The van der Waals surface area contributed by atoms with E-state index in [0.717, 1.165) is 25.0 Å². The third kappa shape index (κ3) is 2.59. The van der Waals surface area contributed by atoms with Gasteiger partial charge in [-0.15, -0.1) is 0 Å². The van der Waals surface area contributed by atoms with Gasteiger partial charge in [0.1, 0.15) is 22.3 Å². The predicted molar refractivity (Wildman–Crippen MR) is 69.7 cm³/mol. The molecule has 1 aromatic rings. The van der Waals surface area contributed by atoms with Gasteiger partial charge >= 0.3 is 0 Å². The minimum Gasteiger partial charge on any atom is -0.389 e. The van der Waals surface area contributed by atoms with Crippen molar-refractivity contribution in [3.63, 3.8) is 0 Å². The molecule has 3 nitrogen and oxygen atoms in total. The summed E-state index contributed by atoms with van der Waals surface area (Å²) in [5.41, 5.74) is 5.40. The summed E-state index contributed by atoms with van der Waals surface area (Å²) >= 11 is 4.69. The van der Waals surface area contributed by atoms with Gasteiger partial charge in [0.25, 0.3) is 0 Å². The van der Waals surface area contributed by atoms with E-state index < -0.39 is 11.6 Å². The van der Waals surface area contributed by atoms with Gasteiger partial charge in [-0.3, -0.25) is 0 Å². The average molecular weight is 272 g/mol. The van der Waals surface area contributed by atoms with Crippen LogP contribution in [0.2, 0.25) is 0 Å². The van der Waals surface area contributed by atoms with Crippen LogP contribution in [0, 0.1) is 11.6 Å². The van der Waals surface area contributed by atoms with E-state index in [0.29, 0.717) is 0 Å². The highest BCUT2D eigenvalue weighted by Crippen LogP contribution is 2.29. The summed E-state index contributed by atoms with van der Waals surface area (Å²) in [4.78, 5) is -0.0255. The normalized spacial score (nSPS) is 22.4. The van der Waals surface area contributed by atoms with Crippen LogP contribution < -0.4 is 11.1 Å². The molecule has 0 aliphatic heterocycles. The third-order valence-corrected chi connectivity index (χ3v) is 3.34. The van der Waals surface area contributed by atoms with Crippen molar-refractivity contribution < 1.29 is 13.5 Å². The number of methoxy groups -OCH3 is 1. The Bertz CT molecular complexity index is 452. The first-order valence-corrected chi connectivity index (χ1v) is 6.00. The molecular formula is C12H14F2N2OS. The van der Waals surface area contributed by atoms with Crippen LogP contribution in [0.1, 0.15) is 18.4 Å². The second kappa shape index (κ2) is 5.16. The van der Waals surface area contributed by atoms with E-state index >= 15 is 0 Å². The first-order valence-electron chi connectivity index (χ1n) is 5.59. The molecule has 1 aliphatic rings. The fraction of sp³-hybridized carbons (Fsp3) is 0.417. The number of nitrogens with one attached hydrogen (secondary N) is 1. The zero-order valence-electron chi connectivity index (χ0n) is 9.87. The highest BCUT2D eigenvalue weighted by atomic mass is 32.1. The van der Waals surface area contributed by atoms with E-state index in [2.05, 4.69) is 17.5 Å². The molecule has 2 rings (SSSR count). The number of hydrogen-bond donors (Lipinski definition) is 2. The standard InChI is InChI=1S/C12H14F2N2OS/c1-17-8-4-7(5-8)16-11-9(13)2-6(12(15)18)3-10(11)14/h2-3,7-8,16H,4-5H2,1H3,(H2,15,18). The van der Waals surface area contributed by atoms with Crippen molar-refractivity contribution in [2.45, 2.75) is 25.0 Å². The Morgan fingerprint density at radius 1 is 1.39 bits per heavy atom. The Morgan fingerprint density at radius 2 is 1.94 bits per heavy atom. The smallest absolute Gasteiger partial charge is 0.150 e. The molecule has 0 radical (unpaired) electrons. The summed E-state index contributed by atoms with van der Waals surface area (Å²) < 4.78 is 32.5. The van der Waals surface area contributed by atoms with Crippen LogP contribution in [-0.2, 0) is 4.74 Å². The first-order chi connectivity index (χ1) is 8.51. The van der Waals surface area contributed by atoms with Crippen LogP contribution in [0.3, 0.4) is 0 Å². The SMILES string of the molecule is COC1CC(Nc2c(F)cc(C(N)=S)cc2F)C1. The van der Waals surface area contributed by atoms with Crippen LogP contribution in [0.25, 0.3) is 0 Å². The predicted octanol–water partition coefficient (Wildman–Crippen LogP) is 2.19. The Morgan fingerprint density at radius 3 is 2.39 bits per heavy atom. The highest BCUT2D eigenvalue weighted by molar-refractivity contribution is 7.80. The van der Waals surface area contributed by atoms with E-state index in [4.69, 9.17) is 10.5 Å². The quantitative estimate of drug-likeness (QED) is 0.825. The van der Waals surface area contributed by atoms with Crippen molar-refractivity contribution in [2.24, 2.45) is 5.73 Å². The first kappa shape index (κ1) is 13.2. The van der Waals surface area contributed by atoms with Crippen molar-refractivity contribution in [1.82, 2.24) is 0 Å². The summed E-state index contributed by atoms with van der Waals surface area (Å²) in [6, 6.07) is 2.31. The van der Waals surface area contributed by atoms with Gasteiger partial charge in [-0.05, 0) is 25.0 Å². The van der Waals surface area contributed by atoms with Crippen molar-refractivity contribution in [2.75, 3.05) is 12.4 Å². The maximum atomic E-state index is 13.7. The lowest BCUT2D eigenvalue weighted by Crippen LogP contribution is -2.40. The second-order valence-corrected chi connectivity index (χ2v) is 4.79. The van der Waals surface area contributed by atoms with Gasteiger partial charge in [0.05, 0.1) is 6.10 Å². The molecule has 6 heteroatoms. The van der Waals surface area contributed by atoms with Gasteiger partial charge in [-0.25, -0.2) is 8.78 Å². The summed E-state index contributed by atoms with van der Waals surface area (Å²) in [7, 11) is 1.62. The summed E-state index contributed by atoms with van der Waals surface area (Å²) in [5.74, 6) is -1.36. The van der Waals surface area contributed by atoms with Gasteiger partial charge in [-0.1, -0.05) is 12.2 Å². The lowest BCUT2D eigenvalue weighted by molar-refractivity contribution is 0.0327. The molecule has 1 saturated carbocycles. The van der Waals surface area contributed by atoms with Crippen LogP contribution >= 0.6 is 12.2 Å². The number of anilines is 1. The highest BCUT2D eigenvalue weighted by Gasteiger charge is 2.30. The molecule has 0 spiro atoms. The van der Waals surface area contributed by atoms with Gasteiger partial charge in [0.2, 0.25) is 0 Å². The molecule has 0 bridgehead atoms. The zero-order chi connectivity index (χ0) is 13.3. The van der Waals surface area contributed by atoms with Crippen molar-refractivity contribution in [3.05, 3.63) is 29.3 Å². The van der Waals surface area contributed by atoms with Crippen LogP contribution in [0.15, 0.2) is 12.1 Å². The van der Waals surface area contributed by atoms with Gasteiger partial charge in [-0.2, -0.15) is 0 Å². The molecule has 98 valence electrons. The minimum absolute atomic E-state index is 0.0255. The molecule has 3 N–H and O–H groups in total. The molecule has 0 unspecified atom stereocenters. The van der Waals surface area contributed by atoms with Gasteiger partial charge < -0.3 is 15.8 Å². The zero-order valence-corrected chi connectivity index (χ0v) is 10.7. The van der Waals surface area contributed by atoms with Crippen LogP contribution in [0.5, 0.6) is 0 Å². The van der Waals surface area contributed by atoms with E-state index in [1.54, 1.807) is 7.11 Å². The number of benzene rings is 1. The van der Waals surface area contributed by atoms with E-state index in [1.165, 1.54) is 0 Å². The minimum atomic E-state index is -0.682. The second-order valence-electron chi connectivity index (χ2n) is 4.35. The van der Waals surface area contributed by atoms with Crippen molar-refractivity contribution in [1.29, 1.82) is 0 Å². The maximum absolute atomic E-state index is 13.7. The topological polar surface area (TPSA) is 47.3 Å². The molecule has 1 aromatic carbocycles. The molecular weight excluding hydrogens is 258 g/mol. The Balaban J connectivity index is 2.12. The molecule has 0 heterocycles. The van der Waals surface area contributed by atoms with Gasteiger partial charge in [0.15, 0.2) is 0 Å². The fourth-order valence-electron chi connectivity index (χ4n) is 1.93. The van der Waals surface area contributed by atoms with Crippen molar-refractivity contribution in [3.8, 4) is 0 Å². The third-order valence-electron chi connectivity index (χ3n) is 3.10. The monoisotopic (exact) mass is 272 g/mol. The molecule has 0 atom stereocenters. The van der Waals surface area contributed by atoms with Crippen molar-refractivity contribution >= 4 is 22.9 Å². The molecule has 1 aliphatic carbocycles. The fourth-order valence-corrected chi connectivity index (χ4v) is 2.05. The average Bonchev–Trinajstić information content (AvgIpc) is 2.25. The Labute approximate surface area is 109 Å². The van der Waals surface area contributed by atoms with Crippen LogP contribution in [0.4, 0.5) is 14.5 Å². The largest absolute Gasteiger partial charge is 0.389 e.